The Morgan fingerprint density at radius 2 is 1.89 bits per heavy atom. The second kappa shape index (κ2) is 9.22. The van der Waals surface area contributed by atoms with Crippen LogP contribution in [0.2, 0.25) is 0 Å². The van der Waals surface area contributed by atoms with E-state index in [2.05, 4.69) is 29.0 Å². The van der Waals surface area contributed by atoms with Gasteiger partial charge in [0.2, 0.25) is 5.91 Å². The van der Waals surface area contributed by atoms with Crippen molar-refractivity contribution in [3.63, 3.8) is 0 Å². The van der Waals surface area contributed by atoms with Crippen LogP contribution in [-0.4, -0.2) is 29.0 Å². The molecule has 0 aliphatic heterocycles. The Hall–Kier alpha value is -2.81. The van der Waals surface area contributed by atoms with Gasteiger partial charge in [0.25, 0.3) is 5.91 Å². The molecule has 0 saturated heterocycles. The molecular formula is C21H28N4O2. The number of rotatable bonds is 8. The van der Waals surface area contributed by atoms with E-state index in [-0.39, 0.29) is 24.3 Å². The van der Waals surface area contributed by atoms with Gasteiger partial charge in [-0.2, -0.15) is 5.26 Å². The molecule has 1 unspecified atom stereocenters. The van der Waals surface area contributed by atoms with Crippen LogP contribution in [0.25, 0.3) is 10.9 Å². The van der Waals surface area contributed by atoms with Gasteiger partial charge in [0, 0.05) is 29.2 Å². The molecule has 2 aromatic rings. The largest absolute Gasteiger partial charge is 0.347 e. The second-order valence-corrected chi connectivity index (χ2v) is 7.67. The molecule has 27 heavy (non-hydrogen) atoms. The minimum atomic E-state index is -0.660. The van der Waals surface area contributed by atoms with Crippen molar-refractivity contribution in [2.45, 2.75) is 46.7 Å². The molecule has 2 rings (SSSR count). The van der Waals surface area contributed by atoms with Gasteiger partial charge in [-0.25, -0.2) is 0 Å². The lowest BCUT2D eigenvalue weighted by atomic mass is 10.0. The third-order valence-electron chi connectivity index (χ3n) is 4.27. The lowest BCUT2D eigenvalue weighted by molar-refractivity contribution is -0.123. The summed E-state index contributed by atoms with van der Waals surface area (Å²) in [6.45, 7) is 9.16. The summed E-state index contributed by atoms with van der Waals surface area (Å²) in [6.07, 6.45) is 2.54. The first-order valence-electron chi connectivity index (χ1n) is 9.36. The van der Waals surface area contributed by atoms with E-state index in [1.807, 2.05) is 44.3 Å². The van der Waals surface area contributed by atoms with Gasteiger partial charge in [0.05, 0.1) is 6.07 Å². The van der Waals surface area contributed by atoms with Crippen molar-refractivity contribution in [1.82, 2.24) is 15.2 Å². The topological polar surface area (TPSA) is 86.9 Å². The van der Waals surface area contributed by atoms with E-state index in [0.29, 0.717) is 17.9 Å². The summed E-state index contributed by atoms with van der Waals surface area (Å²) < 4.78 is 2.18. The zero-order chi connectivity index (χ0) is 20.0. The number of amides is 2. The van der Waals surface area contributed by atoms with Gasteiger partial charge in [-0.15, -0.1) is 0 Å². The van der Waals surface area contributed by atoms with Crippen LogP contribution in [0.15, 0.2) is 30.5 Å². The van der Waals surface area contributed by atoms with Gasteiger partial charge in [0.1, 0.15) is 12.6 Å². The predicted octanol–water partition coefficient (Wildman–Crippen LogP) is 3.08. The van der Waals surface area contributed by atoms with Crippen LogP contribution in [0.3, 0.4) is 0 Å². The highest BCUT2D eigenvalue weighted by molar-refractivity contribution is 6.00. The average Bonchev–Trinajstić information content (AvgIpc) is 3.00. The minimum Gasteiger partial charge on any atom is -0.347 e. The molecule has 1 aromatic heterocycles. The summed E-state index contributed by atoms with van der Waals surface area (Å²) in [4.78, 5) is 24.9. The third kappa shape index (κ3) is 5.58. The normalized spacial score (nSPS) is 12.2. The summed E-state index contributed by atoms with van der Waals surface area (Å²) in [5.41, 5.74) is 1.61. The lowest BCUT2D eigenvalue weighted by Crippen LogP contribution is -2.47. The molecule has 2 amide bonds. The molecule has 1 atom stereocenters. The van der Waals surface area contributed by atoms with E-state index in [1.165, 1.54) is 0 Å². The minimum absolute atomic E-state index is 0.0708. The van der Waals surface area contributed by atoms with Gasteiger partial charge in [-0.1, -0.05) is 27.7 Å². The first-order chi connectivity index (χ1) is 12.8. The summed E-state index contributed by atoms with van der Waals surface area (Å²) in [6, 6.07) is 8.80. The Balaban J connectivity index is 2.17. The Kier molecular flexibility index (Phi) is 7.00. The molecule has 6 nitrogen and oxygen atoms in total. The van der Waals surface area contributed by atoms with Gasteiger partial charge in [0.15, 0.2) is 0 Å². The van der Waals surface area contributed by atoms with E-state index in [0.717, 1.165) is 17.4 Å². The first-order valence-corrected chi connectivity index (χ1v) is 9.36. The molecule has 1 aromatic carbocycles. The summed E-state index contributed by atoms with van der Waals surface area (Å²) in [5.74, 6) is 0.150. The molecule has 0 saturated carbocycles. The molecular weight excluding hydrogens is 340 g/mol. The van der Waals surface area contributed by atoms with Crippen molar-refractivity contribution in [3.05, 3.63) is 36.0 Å². The standard InChI is InChI=1S/C21H28N4O2/c1-14(2)11-18(21(27)23-9-8-22)24-20(26)17-5-6-19-16(12-17)7-10-25(19)13-15(3)4/h5-7,10,12,14-15,18H,9,11,13H2,1-4H3,(H,23,27)(H,24,26). The quantitative estimate of drug-likeness (QED) is 0.702. The van der Waals surface area contributed by atoms with Crippen LogP contribution < -0.4 is 10.6 Å². The summed E-state index contributed by atoms with van der Waals surface area (Å²) in [7, 11) is 0. The van der Waals surface area contributed by atoms with E-state index >= 15 is 0 Å². The van der Waals surface area contributed by atoms with E-state index in [1.54, 1.807) is 6.07 Å². The van der Waals surface area contributed by atoms with Crippen molar-refractivity contribution >= 4 is 22.7 Å². The average molecular weight is 368 g/mol. The maximum Gasteiger partial charge on any atom is 0.251 e. The first kappa shape index (κ1) is 20.5. The summed E-state index contributed by atoms with van der Waals surface area (Å²) in [5, 5.41) is 15.0. The zero-order valence-electron chi connectivity index (χ0n) is 16.5. The van der Waals surface area contributed by atoms with Crippen LogP contribution in [0.4, 0.5) is 0 Å². The maximum absolute atomic E-state index is 12.7. The highest BCUT2D eigenvalue weighted by Crippen LogP contribution is 2.19. The number of nitriles is 1. The Bertz CT molecular complexity index is 845. The third-order valence-corrected chi connectivity index (χ3v) is 4.27. The lowest BCUT2D eigenvalue weighted by Gasteiger charge is -2.19. The fourth-order valence-corrected chi connectivity index (χ4v) is 3.09. The van der Waals surface area contributed by atoms with Crippen LogP contribution in [-0.2, 0) is 11.3 Å². The van der Waals surface area contributed by atoms with Crippen LogP contribution in [0.5, 0.6) is 0 Å². The van der Waals surface area contributed by atoms with Crippen LogP contribution >= 0.6 is 0 Å². The van der Waals surface area contributed by atoms with Crippen molar-refractivity contribution in [1.29, 1.82) is 5.26 Å². The van der Waals surface area contributed by atoms with Crippen molar-refractivity contribution in [2.24, 2.45) is 11.8 Å². The number of aromatic nitrogens is 1. The number of carbonyl (C=O) groups is 2. The van der Waals surface area contributed by atoms with Crippen molar-refractivity contribution in [3.8, 4) is 6.07 Å². The Morgan fingerprint density at radius 1 is 1.15 bits per heavy atom. The van der Waals surface area contributed by atoms with E-state index < -0.39 is 6.04 Å². The molecule has 144 valence electrons. The number of carbonyl (C=O) groups excluding carboxylic acids is 2. The van der Waals surface area contributed by atoms with Gasteiger partial charge in [-0.05, 0) is 42.5 Å². The van der Waals surface area contributed by atoms with Gasteiger partial charge >= 0.3 is 0 Å². The summed E-state index contributed by atoms with van der Waals surface area (Å²) >= 11 is 0. The van der Waals surface area contributed by atoms with Crippen LogP contribution in [0.1, 0.15) is 44.5 Å². The molecule has 1 heterocycles. The number of benzene rings is 1. The molecule has 0 radical (unpaired) electrons. The zero-order valence-corrected chi connectivity index (χ0v) is 16.5. The van der Waals surface area contributed by atoms with Crippen LogP contribution in [0, 0.1) is 23.2 Å². The molecule has 0 aliphatic rings. The molecule has 6 heteroatoms. The fraction of sp³-hybridized carbons (Fsp3) is 0.476. The molecule has 0 fully saturated rings. The Labute approximate surface area is 160 Å². The second-order valence-electron chi connectivity index (χ2n) is 7.67. The Morgan fingerprint density at radius 3 is 2.52 bits per heavy atom. The number of hydrogen-bond donors (Lipinski definition) is 2. The molecule has 0 aliphatic carbocycles. The monoisotopic (exact) mass is 368 g/mol. The SMILES string of the molecule is CC(C)CC(NC(=O)c1ccc2c(ccn2CC(C)C)c1)C(=O)NCC#N. The van der Waals surface area contributed by atoms with E-state index in [9.17, 15) is 9.59 Å². The van der Waals surface area contributed by atoms with Crippen molar-refractivity contribution < 1.29 is 9.59 Å². The molecule has 0 spiro atoms. The molecule has 0 bridgehead atoms. The molecule has 2 N–H and O–H groups in total. The van der Waals surface area contributed by atoms with Crippen molar-refractivity contribution in [2.75, 3.05) is 6.54 Å². The van der Waals surface area contributed by atoms with E-state index in [4.69, 9.17) is 5.26 Å². The predicted molar refractivity (Wildman–Crippen MR) is 106 cm³/mol. The number of nitrogens with one attached hydrogen (secondary N) is 2. The fourth-order valence-electron chi connectivity index (χ4n) is 3.09. The maximum atomic E-state index is 12.7. The smallest absolute Gasteiger partial charge is 0.251 e. The highest BCUT2D eigenvalue weighted by atomic mass is 16.2. The number of nitrogens with zero attached hydrogens (tertiary/aromatic N) is 2. The highest BCUT2D eigenvalue weighted by Gasteiger charge is 2.22. The number of fused-ring (bicyclic) bond motifs is 1. The number of hydrogen-bond acceptors (Lipinski definition) is 3. The van der Waals surface area contributed by atoms with Gasteiger partial charge in [-0.3, -0.25) is 9.59 Å². The van der Waals surface area contributed by atoms with Gasteiger partial charge < -0.3 is 15.2 Å².